The number of nitrogens with one attached hydrogen (secondary N) is 2. The fourth-order valence-electron chi connectivity index (χ4n) is 2.31. The van der Waals surface area contributed by atoms with E-state index in [4.69, 9.17) is 16.9 Å². The lowest BCUT2D eigenvalue weighted by molar-refractivity contribution is 0.684. The Balaban J connectivity index is 1.66. The summed E-state index contributed by atoms with van der Waals surface area (Å²) in [7, 11) is 0. The van der Waals surface area contributed by atoms with Gasteiger partial charge in [0.05, 0.1) is 16.7 Å². The second kappa shape index (κ2) is 6.01. The van der Waals surface area contributed by atoms with Crippen molar-refractivity contribution in [1.29, 1.82) is 5.26 Å². The first-order valence-corrected chi connectivity index (χ1v) is 7.10. The number of para-hydroxylation sites is 1. The molecule has 2 N–H and O–H groups in total. The number of aromatic nitrogens is 1. The molecular formula is C17H14ClN3. The summed E-state index contributed by atoms with van der Waals surface area (Å²) in [4.78, 5) is 3.33. The number of fused-ring (bicyclic) bond motifs is 1. The number of hydrogen-bond donors (Lipinski definition) is 2. The van der Waals surface area contributed by atoms with Crippen LogP contribution in [-0.2, 0) is 13.1 Å². The molecule has 4 heteroatoms. The van der Waals surface area contributed by atoms with E-state index in [9.17, 15) is 0 Å². The van der Waals surface area contributed by atoms with E-state index in [0.29, 0.717) is 12.1 Å². The molecule has 2 aromatic carbocycles. The molecule has 3 rings (SSSR count). The minimum atomic E-state index is 0.674. The molecule has 1 aromatic heterocycles. The van der Waals surface area contributed by atoms with E-state index in [0.717, 1.165) is 33.7 Å². The van der Waals surface area contributed by atoms with Gasteiger partial charge in [-0.3, -0.25) is 0 Å². The predicted molar refractivity (Wildman–Crippen MR) is 85.0 cm³/mol. The highest BCUT2D eigenvalue weighted by atomic mass is 35.5. The first-order valence-electron chi connectivity index (χ1n) is 6.73. The van der Waals surface area contributed by atoms with Crippen LogP contribution in [0.1, 0.15) is 16.8 Å². The van der Waals surface area contributed by atoms with Crippen LogP contribution in [-0.4, -0.2) is 4.98 Å². The molecule has 0 atom stereocenters. The third kappa shape index (κ3) is 2.92. The van der Waals surface area contributed by atoms with Gasteiger partial charge in [-0.25, -0.2) is 0 Å². The van der Waals surface area contributed by atoms with Crippen molar-refractivity contribution >= 4 is 22.5 Å². The van der Waals surface area contributed by atoms with Crippen molar-refractivity contribution < 1.29 is 0 Å². The molecule has 0 fully saturated rings. The Morgan fingerprint density at radius 3 is 2.52 bits per heavy atom. The topological polar surface area (TPSA) is 51.6 Å². The number of H-pyrrole nitrogens is 1. The highest BCUT2D eigenvalue weighted by molar-refractivity contribution is 6.36. The predicted octanol–water partition coefficient (Wildman–Crippen LogP) is 3.98. The van der Waals surface area contributed by atoms with Gasteiger partial charge in [0.1, 0.15) is 0 Å². The summed E-state index contributed by atoms with van der Waals surface area (Å²) in [6.45, 7) is 1.41. The number of nitrogens with zero attached hydrogens (tertiary/aromatic N) is 1. The van der Waals surface area contributed by atoms with Gasteiger partial charge in [0.2, 0.25) is 0 Å². The van der Waals surface area contributed by atoms with Gasteiger partial charge in [-0.05, 0) is 23.8 Å². The van der Waals surface area contributed by atoms with Crippen LogP contribution in [0.15, 0.2) is 48.5 Å². The second-order valence-corrected chi connectivity index (χ2v) is 5.25. The second-order valence-electron chi connectivity index (χ2n) is 4.88. The number of nitriles is 1. The zero-order valence-electron chi connectivity index (χ0n) is 11.4. The van der Waals surface area contributed by atoms with Crippen LogP contribution < -0.4 is 5.32 Å². The summed E-state index contributed by atoms with van der Waals surface area (Å²) < 4.78 is 0. The van der Waals surface area contributed by atoms with Gasteiger partial charge in [0.15, 0.2) is 0 Å². The summed E-state index contributed by atoms with van der Waals surface area (Å²) in [6.07, 6.45) is 0. The SMILES string of the molecule is N#Cc1ccc(CNCc2[nH]c3ccccc3c2Cl)cc1. The number of aromatic amines is 1. The van der Waals surface area contributed by atoms with Gasteiger partial charge < -0.3 is 10.3 Å². The van der Waals surface area contributed by atoms with Crippen LogP contribution in [0.3, 0.4) is 0 Å². The Bertz CT molecular complexity index is 797. The van der Waals surface area contributed by atoms with E-state index in [1.54, 1.807) is 0 Å². The summed E-state index contributed by atoms with van der Waals surface area (Å²) in [5.74, 6) is 0. The maximum absolute atomic E-state index is 8.77. The highest BCUT2D eigenvalue weighted by Crippen LogP contribution is 2.26. The lowest BCUT2D eigenvalue weighted by atomic mass is 10.1. The summed E-state index contributed by atoms with van der Waals surface area (Å²) >= 11 is 6.37. The van der Waals surface area contributed by atoms with Gasteiger partial charge in [-0.1, -0.05) is 41.9 Å². The minimum Gasteiger partial charge on any atom is -0.356 e. The molecule has 0 saturated carbocycles. The van der Waals surface area contributed by atoms with Crippen LogP contribution in [0, 0.1) is 11.3 Å². The van der Waals surface area contributed by atoms with Crippen molar-refractivity contribution in [3.8, 4) is 6.07 Å². The molecule has 0 aliphatic rings. The standard InChI is InChI=1S/C17H14ClN3/c18-17-14-3-1-2-4-15(14)21-16(17)11-20-10-13-7-5-12(9-19)6-8-13/h1-8,20-21H,10-11H2. The number of hydrogen-bond acceptors (Lipinski definition) is 2. The van der Waals surface area contributed by atoms with Crippen LogP contribution >= 0.6 is 11.6 Å². The molecule has 21 heavy (non-hydrogen) atoms. The average Bonchev–Trinajstić information content (AvgIpc) is 2.85. The molecule has 104 valence electrons. The Labute approximate surface area is 128 Å². The van der Waals surface area contributed by atoms with Gasteiger partial charge >= 0.3 is 0 Å². The zero-order valence-corrected chi connectivity index (χ0v) is 12.1. The minimum absolute atomic E-state index is 0.674. The van der Waals surface area contributed by atoms with Crippen LogP contribution in [0.2, 0.25) is 5.02 Å². The van der Waals surface area contributed by atoms with Crippen molar-refractivity contribution in [2.24, 2.45) is 0 Å². The van der Waals surface area contributed by atoms with Crippen molar-refractivity contribution in [3.63, 3.8) is 0 Å². The normalized spacial score (nSPS) is 10.7. The Morgan fingerprint density at radius 2 is 1.81 bits per heavy atom. The Hall–Kier alpha value is -2.28. The smallest absolute Gasteiger partial charge is 0.0991 e. The average molecular weight is 296 g/mol. The Kier molecular flexibility index (Phi) is 3.92. The fraction of sp³-hybridized carbons (Fsp3) is 0.118. The van der Waals surface area contributed by atoms with Gasteiger partial charge in [-0.15, -0.1) is 0 Å². The van der Waals surface area contributed by atoms with Crippen molar-refractivity contribution in [2.45, 2.75) is 13.1 Å². The number of halogens is 1. The molecule has 0 aliphatic heterocycles. The van der Waals surface area contributed by atoms with Gasteiger partial charge in [0, 0.05) is 29.7 Å². The maximum atomic E-state index is 8.77. The molecular weight excluding hydrogens is 282 g/mol. The Morgan fingerprint density at radius 1 is 1.05 bits per heavy atom. The quantitative estimate of drug-likeness (QED) is 0.765. The first kappa shape index (κ1) is 13.7. The van der Waals surface area contributed by atoms with E-state index in [1.807, 2.05) is 48.5 Å². The molecule has 0 bridgehead atoms. The molecule has 0 spiro atoms. The summed E-state index contributed by atoms with van der Waals surface area (Å²) in [5, 5.41) is 14.0. The fourth-order valence-corrected chi connectivity index (χ4v) is 2.59. The summed E-state index contributed by atoms with van der Waals surface area (Å²) in [6, 6.07) is 17.7. The maximum Gasteiger partial charge on any atom is 0.0991 e. The monoisotopic (exact) mass is 295 g/mol. The van der Waals surface area contributed by atoms with Crippen molar-refractivity contribution in [2.75, 3.05) is 0 Å². The van der Waals surface area contributed by atoms with Crippen molar-refractivity contribution in [3.05, 3.63) is 70.4 Å². The molecule has 0 unspecified atom stereocenters. The van der Waals surface area contributed by atoms with E-state index in [2.05, 4.69) is 16.4 Å². The van der Waals surface area contributed by atoms with Crippen LogP contribution in [0.25, 0.3) is 10.9 Å². The van der Waals surface area contributed by atoms with E-state index in [-0.39, 0.29) is 0 Å². The molecule has 1 heterocycles. The largest absolute Gasteiger partial charge is 0.356 e. The number of rotatable bonds is 4. The molecule has 0 radical (unpaired) electrons. The molecule has 3 nitrogen and oxygen atoms in total. The molecule has 0 amide bonds. The molecule has 3 aromatic rings. The van der Waals surface area contributed by atoms with E-state index < -0.39 is 0 Å². The molecule has 0 aliphatic carbocycles. The third-order valence-electron chi connectivity index (χ3n) is 3.43. The van der Waals surface area contributed by atoms with Gasteiger partial charge in [-0.2, -0.15) is 5.26 Å². The molecule has 0 saturated heterocycles. The lowest BCUT2D eigenvalue weighted by Gasteiger charge is -2.04. The van der Waals surface area contributed by atoms with E-state index in [1.165, 1.54) is 0 Å². The summed E-state index contributed by atoms with van der Waals surface area (Å²) in [5.41, 5.74) is 3.86. The first-order chi connectivity index (χ1) is 10.3. The third-order valence-corrected chi connectivity index (χ3v) is 3.86. The van der Waals surface area contributed by atoms with E-state index >= 15 is 0 Å². The van der Waals surface area contributed by atoms with Crippen molar-refractivity contribution in [1.82, 2.24) is 10.3 Å². The zero-order chi connectivity index (χ0) is 14.7. The highest BCUT2D eigenvalue weighted by Gasteiger charge is 2.08. The van der Waals surface area contributed by atoms with Crippen LogP contribution in [0.4, 0.5) is 0 Å². The lowest BCUT2D eigenvalue weighted by Crippen LogP contribution is -2.13. The van der Waals surface area contributed by atoms with Crippen LogP contribution in [0.5, 0.6) is 0 Å². The number of benzene rings is 2. The van der Waals surface area contributed by atoms with Gasteiger partial charge in [0.25, 0.3) is 0 Å².